The first-order valence-electron chi connectivity index (χ1n) is 5.22. The van der Waals surface area contributed by atoms with E-state index in [-0.39, 0.29) is 6.61 Å². The van der Waals surface area contributed by atoms with E-state index in [0.29, 0.717) is 18.0 Å². The second-order valence-corrected chi connectivity index (χ2v) is 3.81. The minimum Gasteiger partial charge on any atom is -0.396 e. The number of fused-ring (bicyclic) bond motifs is 2. The van der Waals surface area contributed by atoms with E-state index in [0.717, 1.165) is 18.5 Å². The molecule has 2 aromatic rings. The summed E-state index contributed by atoms with van der Waals surface area (Å²) in [5.74, 6) is 1.31. The van der Waals surface area contributed by atoms with E-state index in [2.05, 4.69) is 15.1 Å². The molecule has 0 aliphatic heterocycles. The maximum absolute atomic E-state index is 8.80. The molecule has 0 saturated heterocycles. The largest absolute Gasteiger partial charge is 0.396 e. The molecule has 0 amide bonds. The summed E-state index contributed by atoms with van der Waals surface area (Å²) in [6.07, 6.45) is 5.83. The number of hydrogen-bond acceptors (Lipinski definition) is 4. The van der Waals surface area contributed by atoms with Crippen LogP contribution in [0.2, 0.25) is 0 Å². The fourth-order valence-electron chi connectivity index (χ4n) is 2.01. The first-order chi connectivity index (χ1) is 7.36. The quantitative estimate of drug-likeness (QED) is 0.756. The van der Waals surface area contributed by atoms with Crippen molar-refractivity contribution in [2.75, 3.05) is 6.61 Å². The van der Waals surface area contributed by atoms with Crippen molar-refractivity contribution in [3.05, 3.63) is 23.3 Å². The zero-order chi connectivity index (χ0) is 10.3. The summed E-state index contributed by atoms with van der Waals surface area (Å²) >= 11 is 0. The molecule has 2 aromatic heterocycles. The third-order valence-corrected chi connectivity index (χ3v) is 2.74. The molecule has 0 spiro atoms. The standard InChI is InChI=1S/C10H12N4O/c15-5-4-9-12-10-11-8-3-1-2-7(8)6-14(10)13-9/h6,15H,1-5H2. The summed E-state index contributed by atoms with van der Waals surface area (Å²) in [6, 6.07) is 0. The molecule has 1 aliphatic rings. The zero-order valence-electron chi connectivity index (χ0n) is 8.35. The van der Waals surface area contributed by atoms with Crippen LogP contribution in [0.1, 0.15) is 23.5 Å². The number of aryl methyl sites for hydroxylation is 2. The van der Waals surface area contributed by atoms with Crippen LogP contribution in [0.3, 0.4) is 0 Å². The van der Waals surface area contributed by atoms with E-state index in [1.165, 1.54) is 12.0 Å². The normalized spacial score (nSPS) is 14.7. The predicted molar refractivity (Wildman–Crippen MR) is 53.6 cm³/mol. The monoisotopic (exact) mass is 204 g/mol. The topological polar surface area (TPSA) is 63.3 Å². The Morgan fingerprint density at radius 3 is 3.13 bits per heavy atom. The molecule has 78 valence electrons. The van der Waals surface area contributed by atoms with Crippen molar-refractivity contribution in [2.45, 2.75) is 25.7 Å². The molecule has 5 nitrogen and oxygen atoms in total. The van der Waals surface area contributed by atoms with E-state index in [1.54, 1.807) is 4.52 Å². The first kappa shape index (κ1) is 8.79. The molecule has 0 radical (unpaired) electrons. The van der Waals surface area contributed by atoms with Gasteiger partial charge < -0.3 is 5.11 Å². The predicted octanol–water partition coefficient (Wildman–Crippen LogP) is 0.148. The second-order valence-electron chi connectivity index (χ2n) is 3.81. The van der Waals surface area contributed by atoms with Crippen LogP contribution < -0.4 is 0 Å². The second kappa shape index (κ2) is 3.27. The van der Waals surface area contributed by atoms with Gasteiger partial charge in [-0.2, -0.15) is 4.98 Å². The van der Waals surface area contributed by atoms with Crippen LogP contribution in [-0.2, 0) is 19.3 Å². The number of nitrogens with zero attached hydrogens (tertiary/aromatic N) is 4. The van der Waals surface area contributed by atoms with Crippen molar-refractivity contribution in [1.29, 1.82) is 0 Å². The molecule has 0 unspecified atom stereocenters. The average molecular weight is 204 g/mol. The summed E-state index contributed by atoms with van der Waals surface area (Å²) in [5.41, 5.74) is 2.44. The Kier molecular flexibility index (Phi) is 1.92. The summed E-state index contributed by atoms with van der Waals surface area (Å²) in [7, 11) is 0. The van der Waals surface area contributed by atoms with Crippen molar-refractivity contribution < 1.29 is 5.11 Å². The molecular formula is C10H12N4O. The van der Waals surface area contributed by atoms with Gasteiger partial charge in [-0.3, -0.25) is 0 Å². The van der Waals surface area contributed by atoms with E-state index in [9.17, 15) is 0 Å². The van der Waals surface area contributed by atoms with Crippen LogP contribution in [0.5, 0.6) is 0 Å². The molecule has 2 heterocycles. The number of aliphatic hydroxyl groups excluding tert-OH is 1. The smallest absolute Gasteiger partial charge is 0.252 e. The summed E-state index contributed by atoms with van der Waals surface area (Å²) < 4.78 is 1.72. The lowest BCUT2D eigenvalue weighted by Gasteiger charge is -1.96. The molecular weight excluding hydrogens is 192 g/mol. The Balaban J connectivity index is 2.12. The number of aromatic nitrogens is 4. The average Bonchev–Trinajstić information content (AvgIpc) is 2.78. The Labute approximate surface area is 86.8 Å². The van der Waals surface area contributed by atoms with Crippen LogP contribution >= 0.6 is 0 Å². The highest BCUT2D eigenvalue weighted by atomic mass is 16.3. The van der Waals surface area contributed by atoms with Crippen molar-refractivity contribution >= 4 is 5.78 Å². The van der Waals surface area contributed by atoms with Gasteiger partial charge in [-0.25, -0.2) is 9.50 Å². The third kappa shape index (κ3) is 1.39. The van der Waals surface area contributed by atoms with Crippen molar-refractivity contribution in [2.24, 2.45) is 0 Å². The van der Waals surface area contributed by atoms with Crippen molar-refractivity contribution in [1.82, 2.24) is 19.6 Å². The van der Waals surface area contributed by atoms with Crippen LogP contribution in [0, 0.1) is 0 Å². The molecule has 0 bridgehead atoms. The minimum atomic E-state index is 0.0800. The number of rotatable bonds is 2. The van der Waals surface area contributed by atoms with E-state index in [1.807, 2.05) is 6.20 Å². The molecule has 0 atom stereocenters. The van der Waals surface area contributed by atoms with Gasteiger partial charge in [0.05, 0.1) is 6.61 Å². The molecule has 0 saturated carbocycles. The van der Waals surface area contributed by atoms with Crippen LogP contribution in [-0.4, -0.2) is 31.3 Å². The highest BCUT2D eigenvalue weighted by Gasteiger charge is 2.15. The van der Waals surface area contributed by atoms with Gasteiger partial charge >= 0.3 is 0 Å². The molecule has 0 fully saturated rings. The highest BCUT2D eigenvalue weighted by molar-refractivity contribution is 5.34. The fraction of sp³-hybridized carbons (Fsp3) is 0.500. The highest BCUT2D eigenvalue weighted by Crippen LogP contribution is 2.19. The van der Waals surface area contributed by atoms with Crippen LogP contribution in [0.15, 0.2) is 6.20 Å². The number of aliphatic hydroxyl groups is 1. The van der Waals surface area contributed by atoms with Gasteiger partial charge in [0.25, 0.3) is 5.78 Å². The lowest BCUT2D eigenvalue weighted by Crippen LogP contribution is -1.96. The Morgan fingerprint density at radius 1 is 1.33 bits per heavy atom. The summed E-state index contributed by atoms with van der Waals surface area (Å²) in [4.78, 5) is 8.73. The molecule has 15 heavy (non-hydrogen) atoms. The van der Waals surface area contributed by atoms with Crippen LogP contribution in [0.4, 0.5) is 0 Å². The van der Waals surface area contributed by atoms with Gasteiger partial charge in [0.15, 0.2) is 5.82 Å². The Hall–Kier alpha value is -1.49. The van der Waals surface area contributed by atoms with E-state index >= 15 is 0 Å². The molecule has 3 rings (SSSR count). The maximum Gasteiger partial charge on any atom is 0.252 e. The lowest BCUT2D eigenvalue weighted by atomic mass is 10.3. The zero-order valence-corrected chi connectivity index (χ0v) is 8.35. The van der Waals surface area contributed by atoms with E-state index < -0.39 is 0 Å². The van der Waals surface area contributed by atoms with Gasteiger partial charge in [0.1, 0.15) is 0 Å². The molecule has 1 N–H and O–H groups in total. The third-order valence-electron chi connectivity index (χ3n) is 2.74. The van der Waals surface area contributed by atoms with Gasteiger partial charge in [0, 0.05) is 18.3 Å². The molecule has 1 aliphatic carbocycles. The molecule has 5 heteroatoms. The van der Waals surface area contributed by atoms with Gasteiger partial charge in [-0.15, -0.1) is 5.10 Å². The van der Waals surface area contributed by atoms with Crippen LogP contribution in [0.25, 0.3) is 5.78 Å². The number of hydrogen-bond donors (Lipinski definition) is 1. The summed E-state index contributed by atoms with van der Waals surface area (Å²) in [5, 5.41) is 13.1. The van der Waals surface area contributed by atoms with Gasteiger partial charge in [0.2, 0.25) is 0 Å². The summed E-state index contributed by atoms with van der Waals surface area (Å²) in [6.45, 7) is 0.0800. The lowest BCUT2D eigenvalue weighted by molar-refractivity contribution is 0.296. The first-order valence-corrected chi connectivity index (χ1v) is 5.22. The van der Waals surface area contributed by atoms with E-state index in [4.69, 9.17) is 5.11 Å². The Bertz CT molecular complexity index is 464. The minimum absolute atomic E-state index is 0.0800. The Morgan fingerprint density at radius 2 is 2.27 bits per heavy atom. The van der Waals surface area contributed by atoms with Crippen molar-refractivity contribution in [3.8, 4) is 0 Å². The van der Waals surface area contributed by atoms with Gasteiger partial charge in [-0.1, -0.05) is 0 Å². The van der Waals surface area contributed by atoms with Gasteiger partial charge in [-0.05, 0) is 24.8 Å². The molecule has 0 aromatic carbocycles. The van der Waals surface area contributed by atoms with Crippen molar-refractivity contribution in [3.63, 3.8) is 0 Å². The SMILES string of the molecule is OCCc1nc2nc3c(cn2n1)CCC3. The fourth-order valence-corrected chi connectivity index (χ4v) is 2.01. The maximum atomic E-state index is 8.80.